The van der Waals surface area contributed by atoms with Crippen LogP contribution in [0.25, 0.3) is 0 Å². The Kier molecular flexibility index (Phi) is 4.70. The number of hydrogen-bond acceptors (Lipinski definition) is 4. The largest absolute Gasteiger partial charge is 0.381 e. The molecule has 4 nitrogen and oxygen atoms in total. The van der Waals surface area contributed by atoms with Crippen molar-refractivity contribution in [3.05, 3.63) is 0 Å². The highest BCUT2D eigenvalue weighted by Gasteiger charge is 2.77. The molecule has 0 aromatic heterocycles. The molecule has 2 saturated heterocycles. The Morgan fingerprint density at radius 2 is 1.63 bits per heavy atom. The molecule has 13 atom stereocenters. The molecule has 7 rings (SSSR count). The summed E-state index contributed by atoms with van der Waals surface area (Å²) in [6.45, 7) is 16.4. The van der Waals surface area contributed by atoms with Gasteiger partial charge >= 0.3 is 0 Å². The molecule has 7 aliphatic rings. The zero-order valence-corrected chi connectivity index (χ0v) is 23.6. The molecule has 0 N–H and O–H groups in total. The van der Waals surface area contributed by atoms with Gasteiger partial charge in [-0.1, -0.05) is 20.8 Å². The fourth-order valence-corrected chi connectivity index (χ4v) is 12.2. The van der Waals surface area contributed by atoms with E-state index in [1.807, 2.05) is 14.0 Å². The zero-order chi connectivity index (χ0) is 24.8. The average molecular weight is 487 g/mol. The number of ether oxygens (including phenoxy) is 4. The molecule has 2 heterocycles. The van der Waals surface area contributed by atoms with Gasteiger partial charge in [-0.05, 0) is 118 Å². The molecular formula is C31H50O4. The van der Waals surface area contributed by atoms with Crippen LogP contribution in [0.3, 0.4) is 0 Å². The summed E-state index contributed by atoms with van der Waals surface area (Å²) in [5, 5.41) is 0. The van der Waals surface area contributed by atoms with Gasteiger partial charge in [0, 0.05) is 25.9 Å². The van der Waals surface area contributed by atoms with Crippen molar-refractivity contribution in [1.29, 1.82) is 0 Å². The molecule has 0 unspecified atom stereocenters. The monoisotopic (exact) mass is 486 g/mol. The highest BCUT2D eigenvalue weighted by Crippen LogP contribution is 2.82. The Bertz CT molecular complexity index is 914. The van der Waals surface area contributed by atoms with Crippen molar-refractivity contribution in [2.45, 2.75) is 136 Å². The van der Waals surface area contributed by atoms with E-state index in [2.05, 4.69) is 41.5 Å². The van der Waals surface area contributed by atoms with Crippen LogP contribution in [-0.4, -0.2) is 36.5 Å². The van der Waals surface area contributed by atoms with Gasteiger partial charge in [-0.15, -0.1) is 0 Å². The molecule has 2 bridgehead atoms. The normalized spacial score (nSPS) is 62.6. The maximum atomic E-state index is 6.63. The Labute approximate surface area is 213 Å². The van der Waals surface area contributed by atoms with E-state index in [1.165, 1.54) is 51.4 Å². The second-order valence-corrected chi connectivity index (χ2v) is 15.5. The first kappa shape index (κ1) is 23.9. The summed E-state index contributed by atoms with van der Waals surface area (Å²) in [4.78, 5) is 0. The molecule has 0 aromatic rings. The van der Waals surface area contributed by atoms with Crippen LogP contribution in [0.15, 0.2) is 0 Å². The van der Waals surface area contributed by atoms with Crippen LogP contribution < -0.4 is 0 Å². The molecule has 5 saturated carbocycles. The predicted molar refractivity (Wildman–Crippen MR) is 136 cm³/mol. The lowest BCUT2D eigenvalue weighted by atomic mass is 9.45. The summed E-state index contributed by atoms with van der Waals surface area (Å²) < 4.78 is 25.7. The van der Waals surface area contributed by atoms with E-state index >= 15 is 0 Å². The summed E-state index contributed by atoms with van der Waals surface area (Å²) in [5.74, 6) is 3.88. The van der Waals surface area contributed by atoms with E-state index in [4.69, 9.17) is 18.9 Å². The van der Waals surface area contributed by atoms with Crippen LogP contribution in [0.2, 0.25) is 0 Å². The fourth-order valence-electron chi connectivity index (χ4n) is 12.2. The number of rotatable bonds is 3. The number of hydrogen-bond donors (Lipinski definition) is 0. The maximum absolute atomic E-state index is 6.63. The van der Waals surface area contributed by atoms with Crippen molar-refractivity contribution in [3.8, 4) is 0 Å². The van der Waals surface area contributed by atoms with Crippen molar-refractivity contribution < 1.29 is 18.9 Å². The minimum absolute atomic E-state index is 0.194. The van der Waals surface area contributed by atoms with E-state index in [9.17, 15) is 0 Å². The predicted octanol–water partition coefficient (Wildman–Crippen LogP) is 6.95. The first-order chi connectivity index (χ1) is 16.3. The number of methoxy groups -OCH3 is 1. The highest BCUT2D eigenvalue weighted by atomic mass is 16.9. The van der Waals surface area contributed by atoms with Gasteiger partial charge in [0.25, 0.3) is 5.97 Å². The van der Waals surface area contributed by atoms with Crippen LogP contribution in [0.1, 0.15) is 106 Å². The second kappa shape index (κ2) is 6.88. The van der Waals surface area contributed by atoms with Crippen molar-refractivity contribution in [3.63, 3.8) is 0 Å². The van der Waals surface area contributed by atoms with Crippen LogP contribution in [0, 0.1) is 51.8 Å². The smallest absolute Gasteiger partial charge is 0.281 e. The molecule has 5 aliphatic carbocycles. The first-order valence-electron chi connectivity index (χ1n) is 14.9. The Balaban J connectivity index is 1.15. The van der Waals surface area contributed by atoms with E-state index in [0.717, 1.165) is 30.1 Å². The Morgan fingerprint density at radius 1 is 0.857 bits per heavy atom. The van der Waals surface area contributed by atoms with E-state index in [0.29, 0.717) is 34.2 Å². The van der Waals surface area contributed by atoms with E-state index in [1.54, 1.807) is 0 Å². The highest BCUT2D eigenvalue weighted by molar-refractivity contribution is 5.26. The van der Waals surface area contributed by atoms with Gasteiger partial charge in [0.2, 0.25) is 0 Å². The van der Waals surface area contributed by atoms with Gasteiger partial charge in [0.15, 0.2) is 0 Å². The standard InChI is InChI=1S/C31H50O4/c1-18(24-17-29(6)26(2,3)34-30(7,33-24)35-29)21-9-10-22-20-15-25(32-8)31-16-19(31)11-14-28(31,5)23(20)12-13-27(21,22)4/h18-25H,9-17H2,1-8H3/t18-,19+,20-,21+,22-,23-,24+,25+,27+,28+,29-,30+,31-/m0/s1. The Morgan fingerprint density at radius 3 is 2.31 bits per heavy atom. The van der Waals surface area contributed by atoms with E-state index in [-0.39, 0.29) is 17.3 Å². The maximum Gasteiger partial charge on any atom is 0.281 e. The van der Waals surface area contributed by atoms with Gasteiger partial charge in [-0.2, -0.15) is 0 Å². The molecule has 2 aliphatic heterocycles. The minimum Gasteiger partial charge on any atom is -0.381 e. The van der Waals surface area contributed by atoms with Crippen molar-refractivity contribution in [2.75, 3.05) is 7.11 Å². The molecule has 0 aromatic carbocycles. The van der Waals surface area contributed by atoms with E-state index < -0.39 is 5.97 Å². The molecule has 4 heteroatoms. The molecule has 35 heavy (non-hydrogen) atoms. The van der Waals surface area contributed by atoms with Crippen molar-refractivity contribution >= 4 is 0 Å². The van der Waals surface area contributed by atoms with Crippen LogP contribution in [0.4, 0.5) is 0 Å². The quantitative estimate of drug-likeness (QED) is 0.432. The van der Waals surface area contributed by atoms with Crippen molar-refractivity contribution in [1.82, 2.24) is 0 Å². The second-order valence-electron chi connectivity index (χ2n) is 15.5. The fraction of sp³-hybridized carbons (Fsp3) is 1.00. The van der Waals surface area contributed by atoms with Crippen molar-refractivity contribution in [2.24, 2.45) is 51.8 Å². The number of fused-ring (bicyclic) bond motifs is 6. The van der Waals surface area contributed by atoms with Gasteiger partial charge in [-0.3, -0.25) is 0 Å². The summed E-state index contributed by atoms with van der Waals surface area (Å²) in [6, 6.07) is 0. The summed E-state index contributed by atoms with van der Waals surface area (Å²) in [7, 11) is 2.01. The molecule has 1 spiro atoms. The third-order valence-electron chi connectivity index (χ3n) is 14.2. The molecule has 7 fully saturated rings. The molecule has 0 radical (unpaired) electrons. The first-order valence-corrected chi connectivity index (χ1v) is 14.9. The third kappa shape index (κ3) is 2.74. The molecule has 198 valence electrons. The Hall–Kier alpha value is -0.160. The summed E-state index contributed by atoms with van der Waals surface area (Å²) in [5.41, 5.74) is 0.828. The van der Waals surface area contributed by atoms with Gasteiger partial charge in [0.1, 0.15) is 5.60 Å². The molecular weight excluding hydrogens is 436 g/mol. The van der Waals surface area contributed by atoms with Crippen LogP contribution in [0.5, 0.6) is 0 Å². The topological polar surface area (TPSA) is 36.9 Å². The zero-order valence-electron chi connectivity index (χ0n) is 23.6. The molecule has 0 amide bonds. The van der Waals surface area contributed by atoms with Gasteiger partial charge in [0.05, 0.1) is 17.8 Å². The lowest BCUT2D eigenvalue weighted by Crippen LogP contribution is -2.57. The lowest BCUT2D eigenvalue weighted by Gasteiger charge is -2.61. The minimum atomic E-state index is -0.909. The average Bonchev–Trinajstić information content (AvgIpc) is 3.23. The summed E-state index contributed by atoms with van der Waals surface area (Å²) in [6.07, 6.45) is 12.9. The SMILES string of the molecule is CO[C@@H]1C[C@H]2[C@@H]3CC[C@H]([C@H](C)[C@H]4C[C@]5(C)O[C@](C)(O4)OC5(C)C)[C@@]3(C)CC[C@@H]2[C@@]2(C)CC[C@@H]3C[C@]312. The van der Waals surface area contributed by atoms with Crippen LogP contribution >= 0.6 is 0 Å². The van der Waals surface area contributed by atoms with Gasteiger partial charge < -0.3 is 18.9 Å². The van der Waals surface area contributed by atoms with Gasteiger partial charge in [-0.25, -0.2) is 0 Å². The summed E-state index contributed by atoms with van der Waals surface area (Å²) >= 11 is 0. The lowest BCUT2D eigenvalue weighted by molar-refractivity contribution is -0.385. The third-order valence-corrected chi connectivity index (χ3v) is 14.2. The van der Waals surface area contributed by atoms with Crippen LogP contribution in [-0.2, 0) is 18.9 Å².